The number of piperidine rings is 1. The van der Waals surface area contributed by atoms with Gasteiger partial charge < -0.3 is 10.1 Å². The molecule has 0 unspecified atom stereocenters. The Balaban J connectivity index is 1.74. The number of nitrogens with zero attached hydrogens (tertiary/aromatic N) is 1. The van der Waals surface area contributed by atoms with E-state index in [4.69, 9.17) is 16.3 Å². The number of anilines is 1. The van der Waals surface area contributed by atoms with Gasteiger partial charge in [0.2, 0.25) is 0 Å². The van der Waals surface area contributed by atoms with E-state index in [2.05, 4.69) is 15.6 Å². The maximum Gasteiger partial charge on any atom is 0.261 e. The molecule has 0 aliphatic carbocycles. The van der Waals surface area contributed by atoms with Crippen molar-refractivity contribution in [3.63, 3.8) is 0 Å². The minimum atomic E-state index is -0.260. The van der Waals surface area contributed by atoms with E-state index in [0.29, 0.717) is 27.4 Å². The lowest BCUT2D eigenvalue weighted by molar-refractivity contribution is 0.102. The average molecular weight is 380 g/mol. The molecule has 1 saturated heterocycles. The van der Waals surface area contributed by atoms with Gasteiger partial charge >= 0.3 is 0 Å². The van der Waals surface area contributed by atoms with Crippen molar-refractivity contribution >= 4 is 34.0 Å². The molecular formula is C18H22ClN3O2S. The zero-order valence-corrected chi connectivity index (χ0v) is 15.9. The minimum Gasteiger partial charge on any atom is -0.490 e. The number of benzene rings is 1. The third-order valence-corrected chi connectivity index (χ3v) is 5.34. The quantitative estimate of drug-likeness (QED) is 0.812. The SMILES string of the molecule is CC(C)Oc1ccc(Cl)cc1C(=O)Nc1ncc(C2CCNCC2)s1. The lowest BCUT2D eigenvalue weighted by atomic mass is 9.97. The maximum absolute atomic E-state index is 12.7. The van der Waals surface area contributed by atoms with Crippen LogP contribution in [0.15, 0.2) is 24.4 Å². The lowest BCUT2D eigenvalue weighted by Crippen LogP contribution is -2.26. The van der Waals surface area contributed by atoms with E-state index in [9.17, 15) is 4.79 Å². The summed E-state index contributed by atoms with van der Waals surface area (Å²) in [6.07, 6.45) is 4.06. The molecule has 1 aliphatic rings. The van der Waals surface area contributed by atoms with E-state index in [1.54, 1.807) is 29.5 Å². The molecule has 2 heterocycles. The fourth-order valence-electron chi connectivity index (χ4n) is 2.84. The fourth-order valence-corrected chi connectivity index (χ4v) is 3.99. The van der Waals surface area contributed by atoms with Crippen molar-refractivity contribution in [2.75, 3.05) is 18.4 Å². The molecule has 0 saturated carbocycles. The van der Waals surface area contributed by atoms with E-state index >= 15 is 0 Å². The summed E-state index contributed by atoms with van der Waals surface area (Å²) >= 11 is 7.59. The number of halogens is 1. The highest BCUT2D eigenvalue weighted by Crippen LogP contribution is 2.32. The second kappa shape index (κ2) is 8.17. The molecule has 3 rings (SSSR count). The molecule has 2 N–H and O–H groups in total. The van der Waals surface area contributed by atoms with Crippen LogP contribution < -0.4 is 15.4 Å². The predicted molar refractivity (Wildman–Crippen MR) is 102 cm³/mol. The van der Waals surface area contributed by atoms with Crippen molar-refractivity contribution < 1.29 is 9.53 Å². The Bertz CT molecular complexity index is 742. The Hall–Kier alpha value is -1.63. The summed E-state index contributed by atoms with van der Waals surface area (Å²) in [6, 6.07) is 5.06. The molecule has 0 bridgehead atoms. The molecule has 1 aliphatic heterocycles. The number of aromatic nitrogens is 1. The van der Waals surface area contributed by atoms with Gasteiger partial charge in [-0.05, 0) is 63.9 Å². The van der Waals surface area contributed by atoms with Crippen LogP contribution in [-0.4, -0.2) is 30.1 Å². The molecule has 25 heavy (non-hydrogen) atoms. The number of hydrogen-bond donors (Lipinski definition) is 2. The Morgan fingerprint density at radius 3 is 2.88 bits per heavy atom. The highest BCUT2D eigenvalue weighted by Gasteiger charge is 2.20. The van der Waals surface area contributed by atoms with Gasteiger partial charge in [0.15, 0.2) is 5.13 Å². The molecule has 0 radical (unpaired) electrons. The van der Waals surface area contributed by atoms with Crippen LogP contribution in [0.4, 0.5) is 5.13 Å². The molecule has 1 aromatic heterocycles. The Labute approximate surface area is 156 Å². The summed E-state index contributed by atoms with van der Waals surface area (Å²) in [5.41, 5.74) is 0.416. The van der Waals surface area contributed by atoms with Gasteiger partial charge in [-0.25, -0.2) is 4.98 Å². The summed E-state index contributed by atoms with van der Waals surface area (Å²) in [5.74, 6) is 0.784. The van der Waals surface area contributed by atoms with Crippen molar-refractivity contribution in [1.82, 2.24) is 10.3 Å². The van der Waals surface area contributed by atoms with Crippen LogP contribution in [0.3, 0.4) is 0 Å². The van der Waals surface area contributed by atoms with Crippen molar-refractivity contribution in [2.45, 2.75) is 38.7 Å². The molecule has 1 aromatic carbocycles. The highest BCUT2D eigenvalue weighted by molar-refractivity contribution is 7.15. The van der Waals surface area contributed by atoms with Gasteiger partial charge in [-0.1, -0.05) is 11.6 Å². The Morgan fingerprint density at radius 2 is 2.16 bits per heavy atom. The average Bonchev–Trinajstić information content (AvgIpc) is 3.05. The van der Waals surface area contributed by atoms with E-state index < -0.39 is 0 Å². The first-order chi connectivity index (χ1) is 12.0. The molecule has 134 valence electrons. The van der Waals surface area contributed by atoms with Crippen molar-refractivity contribution in [3.05, 3.63) is 39.9 Å². The molecule has 0 atom stereocenters. The Kier molecular flexibility index (Phi) is 5.93. The van der Waals surface area contributed by atoms with Gasteiger partial charge in [-0.3, -0.25) is 10.1 Å². The molecule has 0 spiro atoms. The van der Waals surface area contributed by atoms with Gasteiger partial charge in [-0.15, -0.1) is 11.3 Å². The first-order valence-corrected chi connectivity index (χ1v) is 9.66. The molecule has 7 heteroatoms. The highest BCUT2D eigenvalue weighted by atomic mass is 35.5. The summed E-state index contributed by atoms with van der Waals surface area (Å²) in [5, 5.41) is 7.33. The largest absolute Gasteiger partial charge is 0.490 e. The number of amides is 1. The summed E-state index contributed by atoms with van der Waals surface area (Å²) in [7, 11) is 0. The zero-order valence-electron chi connectivity index (χ0n) is 14.3. The van der Waals surface area contributed by atoms with Crippen LogP contribution in [0.25, 0.3) is 0 Å². The van der Waals surface area contributed by atoms with Crippen molar-refractivity contribution in [2.24, 2.45) is 0 Å². The van der Waals surface area contributed by atoms with Crippen LogP contribution in [0.1, 0.15) is 47.8 Å². The van der Waals surface area contributed by atoms with Crippen LogP contribution in [0.5, 0.6) is 5.75 Å². The topological polar surface area (TPSA) is 63.2 Å². The molecule has 5 nitrogen and oxygen atoms in total. The number of nitrogens with one attached hydrogen (secondary N) is 2. The van der Waals surface area contributed by atoms with E-state index in [1.807, 2.05) is 20.0 Å². The summed E-state index contributed by atoms with van der Waals surface area (Å²) in [4.78, 5) is 18.2. The first kappa shape index (κ1) is 18.2. The third kappa shape index (κ3) is 4.71. The normalized spacial score (nSPS) is 15.4. The lowest BCUT2D eigenvalue weighted by Gasteiger charge is -2.20. The monoisotopic (exact) mass is 379 g/mol. The zero-order chi connectivity index (χ0) is 17.8. The van der Waals surface area contributed by atoms with Gasteiger partial charge in [0, 0.05) is 16.1 Å². The minimum absolute atomic E-state index is 0.0286. The van der Waals surface area contributed by atoms with E-state index in [1.165, 1.54) is 4.88 Å². The summed E-state index contributed by atoms with van der Waals surface area (Å²) in [6.45, 7) is 5.90. The van der Waals surface area contributed by atoms with Gasteiger partial charge in [-0.2, -0.15) is 0 Å². The Morgan fingerprint density at radius 1 is 1.40 bits per heavy atom. The predicted octanol–water partition coefficient (Wildman–Crippen LogP) is 4.30. The molecule has 1 amide bonds. The van der Waals surface area contributed by atoms with Gasteiger partial charge in [0.25, 0.3) is 5.91 Å². The number of carbonyl (C=O) groups excluding carboxylic acids is 1. The number of thiazole rings is 1. The number of rotatable bonds is 5. The number of hydrogen-bond acceptors (Lipinski definition) is 5. The third-order valence-electron chi connectivity index (χ3n) is 4.03. The van der Waals surface area contributed by atoms with Crippen molar-refractivity contribution in [1.29, 1.82) is 0 Å². The van der Waals surface area contributed by atoms with Gasteiger partial charge in [0.05, 0.1) is 11.7 Å². The van der Waals surface area contributed by atoms with Gasteiger partial charge in [0.1, 0.15) is 5.75 Å². The number of ether oxygens (including phenoxy) is 1. The second-order valence-corrected chi connectivity index (χ2v) is 7.85. The second-order valence-electron chi connectivity index (χ2n) is 6.35. The maximum atomic E-state index is 12.7. The van der Waals surface area contributed by atoms with E-state index in [0.717, 1.165) is 25.9 Å². The summed E-state index contributed by atoms with van der Waals surface area (Å²) < 4.78 is 5.72. The number of carbonyl (C=O) groups is 1. The molecular weight excluding hydrogens is 358 g/mol. The molecule has 2 aromatic rings. The van der Waals surface area contributed by atoms with E-state index in [-0.39, 0.29) is 12.0 Å². The van der Waals surface area contributed by atoms with Crippen molar-refractivity contribution in [3.8, 4) is 5.75 Å². The van der Waals surface area contributed by atoms with Crippen LogP contribution in [0.2, 0.25) is 5.02 Å². The van der Waals surface area contributed by atoms with Crippen LogP contribution in [0, 0.1) is 0 Å². The fraction of sp³-hybridized carbons (Fsp3) is 0.444. The molecule has 1 fully saturated rings. The van der Waals surface area contributed by atoms with Crippen LogP contribution >= 0.6 is 22.9 Å². The first-order valence-electron chi connectivity index (χ1n) is 8.47. The van der Waals surface area contributed by atoms with Crippen LogP contribution in [-0.2, 0) is 0 Å². The smallest absolute Gasteiger partial charge is 0.261 e. The standard InChI is InChI=1S/C18H22ClN3O2S/c1-11(2)24-15-4-3-13(19)9-14(15)17(23)22-18-21-10-16(25-18)12-5-7-20-8-6-12/h3-4,9-12,20H,5-8H2,1-2H3,(H,21,22,23).